The minimum Gasteiger partial charge on any atom is -0.427 e. The first-order chi connectivity index (χ1) is 10.5. The lowest BCUT2D eigenvalue weighted by molar-refractivity contribution is -0.139. The Morgan fingerprint density at radius 1 is 0.955 bits per heavy atom. The lowest BCUT2D eigenvalue weighted by Crippen LogP contribution is -2.14. The van der Waals surface area contributed by atoms with Crippen molar-refractivity contribution in [1.82, 2.24) is 0 Å². The van der Waals surface area contributed by atoms with Crippen molar-refractivity contribution in [3.63, 3.8) is 0 Å². The number of carbonyl (C=O) groups is 3. The highest BCUT2D eigenvalue weighted by Gasteiger charge is 2.30. The van der Waals surface area contributed by atoms with E-state index in [0.29, 0.717) is 11.3 Å². The molecule has 22 heavy (non-hydrogen) atoms. The standard InChI is InChI=1S/C17H12O5/c1-9(18)21-12-3-4-13-11(7-12)8-15-14(13)5-6-16(17(15)20)22-10(2)19/h3-8H,1-2H3. The number of rotatable bonds is 2. The molecule has 5 heteroatoms. The van der Waals surface area contributed by atoms with Crippen molar-refractivity contribution >= 4 is 29.4 Å². The molecule has 0 bridgehead atoms. The van der Waals surface area contributed by atoms with E-state index in [1.54, 1.807) is 30.4 Å². The Labute approximate surface area is 126 Å². The first kappa shape index (κ1) is 14.0. The molecule has 0 saturated heterocycles. The summed E-state index contributed by atoms with van der Waals surface area (Å²) in [5.41, 5.74) is 2.89. The minimum absolute atomic E-state index is 0.00974. The fraction of sp³-hybridized carbons (Fsp3) is 0.118. The maximum atomic E-state index is 12.3. The van der Waals surface area contributed by atoms with E-state index < -0.39 is 11.9 Å². The van der Waals surface area contributed by atoms with Crippen LogP contribution in [0.3, 0.4) is 0 Å². The normalized spacial score (nSPS) is 15.2. The van der Waals surface area contributed by atoms with Gasteiger partial charge in [-0.1, -0.05) is 6.07 Å². The Bertz CT molecular complexity index is 808. The summed E-state index contributed by atoms with van der Waals surface area (Å²) in [5, 5.41) is 0. The second-order valence-electron chi connectivity index (χ2n) is 4.93. The monoisotopic (exact) mass is 296 g/mol. The summed E-state index contributed by atoms with van der Waals surface area (Å²) in [6.07, 6.45) is 4.93. The maximum absolute atomic E-state index is 12.3. The number of benzene rings is 1. The van der Waals surface area contributed by atoms with Crippen molar-refractivity contribution in [3.05, 3.63) is 52.8 Å². The summed E-state index contributed by atoms with van der Waals surface area (Å²) in [4.78, 5) is 34.3. The lowest BCUT2D eigenvalue weighted by Gasteiger charge is -2.13. The number of hydrogen-bond donors (Lipinski definition) is 0. The van der Waals surface area contributed by atoms with Crippen LogP contribution in [0.4, 0.5) is 0 Å². The molecule has 3 rings (SSSR count). The molecule has 0 aliphatic heterocycles. The summed E-state index contributed by atoms with van der Waals surface area (Å²) in [7, 11) is 0. The second-order valence-corrected chi connectivity index (χ2v) is 4.93. The third-order valence-electron chi connectivity index (χ3n) is 3.29. The molecule has 1 aromatic rings. The molecule has 0 N–H and O–H groups in total. The van der Waals surface area contributed by atoms with Crippen LogP contribution in [0, 0.1) is 0 Å². The average Bonchev–Trinajstić information content (AvgIpc) is 2.79. The van der Waals surface area contributed by atoms with Gasteiger partial charge in [0.2, 0.25) is 5.78 Å². The molecule has 0 saturated carbocycles. The van der Waals surface area contributed by atoms with E-state index in [-0.39, 0.29) is 11.5 Å². The topological polar surface area (TPSA) is 69.7 Å². The van der Waals surface area contributed by atoms with Crippen LogP contribution in [0.25, 0.3) is 11.6 Å². The Morgan fingerprint density at radius 2 is 1.68 bits per heavy atom. The van der Waals surface area contributed by atoms with Crippen LogP contribution in [-0.2, 0) is 19.1 Å². The fourth-order valence-corrected chi connectivity index (χ4v) is 2.48. The van der Waals surface area contributed by atoms with Crippen LogP contribution in [0.1, 0.15) is 25.0 Å². The number of Topliss-reactive ketones (excluding diaryl/α,β-unsaturated/α-hetero) is 1. The van der Waals surface area contributed by atoms with Crippen molar-refractivity contribution in [1.29, 1.82) is 0 Å². The fourth-order valence-electron chi connectivity index (χ4n) is 2.48. The maximum Gasteiger partial charge on any atom is 0.308 e. The molecule has 0 fully saturated rings. The number of ketones is 1. The summed E-state index contributed by atoms with van der Waals surface area (Å²) in [5.74, 6) is -0.849. The summed E-state index contributed by atoms with van der Waals surface area (Å²) >= 11 is 0. The largest absolute Gasteiger partial charge is 0.427 e. The van der Waals surface area contributed by atoms with E-state index in [9.17, 15) is 14.4 Å². The number of esters is 2. The molecule has 0 heterocycles. The molecule has 1 aromatic carbocycles. The molecule has 5 nitrogen and oxygen atoms in total. The van der Waals surface area contributed by atoms with Gasteiger partial charge in [0.15, 0.2) is 5.76 Å². The minimum atomic E-state index is -0.537. The Kier molecular flexibility index (Phi) is 3.25. The van der Waals surface area contributed by atoms with E-state index in [2.05, 4.69) is 0 Å². The van der Waals surface area contributed by atoms with Gasteiger partial charge in [-0.05, 0) is 47.1 Å². The van der Waals surface area contributed by atoms with Gasteiger partial charge in [0.05, 0.1) is 0 Å². The van der Waals surface area contributed by atoms with Crippen LogP contribution in [0.2, 0.25) is 0 Å². The van der Waals surface area contributed by atoms with Gasteiger partial charge in [-0.2, -0.15) is 0 Å². The highest BCUT2D eigenvalue weighted by atomic mass is 16.5. The first-order valence-electron chi connectivity index (χ1n) is 6.65. The van der Waals surface area contributed by atoms with Crippen LogP contribution in [0.15, 0.2) is 41.7 Å². The van der Waals surface area contributed by atoms with E-state index in [0.717, 1.165) is 16.7 Å². The first-order valence-corrected chi connectivity index (χ1v) is 6.65. The number of ether oxygens (including phenoxy) is 2. The molecular formula is C17H12O5. The van der Waals surface area contributed by atoms with E-state index in [1.165, 1.54) is 19.9 Å². The Hall–Kier alpha value is -2.95. The van der Waals surface area contributed by atoms with Crippen LogP contribution < -0.4 is 4.74 Å². The van der Waals surface area contributed by atoms with Crippen LogP contribution >= 0.6 is 0 Å². The van der Waals surface area contributed by atoms with Gasteiger partial charge in [0.1, 0.15) is 5.75 Å². The smallest absolute Gasteiger partial charge is 0.308 e. The predicted octanol–water partition coefficient (Wildman–Crippen LogP) is 2.42. The van der Waals surface area contributed by atoms with Crippen molar-refractivity contribution in [3.8, 4) is 5.75 Å². The summed E-state index contributed by atoms with van der Waals surface area (Å²) < 4.78 is 9.94. The van der Waals surface area contributed by atoms with Gasteiger partial charge >= 0.3 is 11.9 Å². The van der Waals surface area contributed by atoms with Gasteiger partial charge in [-0.3, -0.25) is 14.4 Å². The van der Waals surface area contributed by atoms with Crippen molar-refractivity contribution in [2.75, 3.05) is 0 Å². The molecule has 0 radical (unpaired) electrons. The van der Waals surface area contributed by atoms with Crippen molar-refractivity contribution < 1.29 is 23.9 Å². The predicted molar refractivity (Wildman–Crippen MR) is 78.6 cm³/mol. The lowest BCUT2D eigenvalue weighted by atomic mass is 9.95. The zero-order chi connectivity index (χ0) is 15.9. The van der Waals surface area contributed by atoms with Gasteiger partial charge in [0, 0.05) is 19.4 Å². The molecule has 0 spiro atoms. The Balaban J connectivity index is 1.98. The van der Waals surface area contributed by atoms with E-state index in [1.807, 2.05) is 0 Å². The zero-order valence-corrected chi connectivity index (χ0v) is 12.0. The zero-order valence-electron chi connectivity index (χ0n) is 12.0. The molecule has 110 valence electrons. The summed E-state index contributed by atoms with van der Waals surface area (Å²) in [6.45, 7) is 2.57. The molecule has 2 aliphatic rings. The molecule has 0 unspecified atom stereocenters. The summed E-state index contributed by atoms with van der Waals surface area (Å²) in [6, 6.07) is 5.16. The Morgan fingerprint density at radius 3 is 2.36 bits per heavy atom. The van der Waals surface area contributed by atoms with Gasteiger partial charge in [0.25, 0.3) is 0 Å². The number of hydrogen-bond acceptors (Lipinski definition) is 5. The van der Waals surface area contributed by atoms with Gasteiger partial charge in [-0.25, -0.2) is 0 Å². The highest BCUT2D eigenvalue weighted by molar-refractivity contribution is 6.25. The molecule has 0 aromatic heterocycles. The van der Waals surface area contributed by atoms with Gasteiger partial charge < -0.3 is 9.47 Å². The molecule has 2 aliphatic carbocycles. The number of allylic oxidation sites excluding steroid dienone is 4. The third-order valence-corrected chi connectivity index (χ3v) is 3.29. The molecular weight excluding hydrogens is 284 g/mol. The number of fused-ring (bicyclic) bond motifs is 3. The van der Waals surface area contributed by atoms with Crippen molar-refractivity contribution in [2.45, 2.75) is 13.8 Å². The van der Waals surface area contributed by atoms with Crippen LogP contribution in [-0.4, -0.2) is 17.7 Å². The third kappa shape index (κ3) is 2.37. The molecule has 0 amide bonds. The average molecular weight is 296 g/mol. The SMILES string of the molecule is CC(=O)OC1=CC=C2C(=Cc3cc(OC(C)=O)ccc32)C1=O. The second kappa shape index (κ2) is 5.11. The number of carbonyl (C=O) groups excluding carboxylic acids is 3. The van der Waals surface area contributed by atoms with Crippen LogP contribution in [0.5, 0.6) is 5.75 Å². The highest BCUT2D eigenvalue weighted by Crippen LogP contribution is 2.40. The van der Waals surface area contributed by atoms with E-state index in [4.69, 9.17) is 9.47 Å². The van der Waals surface area contributed by atoms with Crippen molar-refractivity contribution in [2.24, 2.45) is 0 Å². The molecule has 0 atom stereocenters. The quantitative estimate of drug-likeness (QED) is 0.619. The van der Waals surface area contributed by atoms with Gasteiger partial charge in [-0.15, -0.1) is 0 Å². The van der Waals surface area contributed by atoms with E-state index >= 15 is 0 Å².